The quantitative estimate of drug-likeness (QED) is 0.491. The minimum atomic E-state index is 0.791. The van der Waals surface area contributed by atoms with Gasteiger partial charge in [0.25, 0.3) is 0 Å². The first-order valence-electron chi connectivity index (χ1n) is 10.0. The average molecular weight is 394 g/mol. The Morgan fingerprint density at radius 1 is 0.524 bits per heavy atom. The van der Waals surface area contributed by atoms with E-state index in [1.165, 1.54) is 19.3 Å². The molecule has 3 fully saturated rings. The summed E-state index contributed by atoms with van der Waals surface area (Å²) >= 11 is 1.84. The molecule has 0 atom stereocenters. The summed E-state index contributed by atoms with van der Waals surface area (Å²) in [4.78, 5) is 0. The van der Waals surface area contributed by atoms with Gasteiger partial charge in [-0.2, -0.15) is 0 Å². The van der Waals surface area contributed by atoms with Crippen molar-refractivity contribution in [3.63, 3.8) is 0 Å². The summed E-state index contributed by atoms with van der Waals surface area (Å²) in [7, 11) is 0. The van der Waals surface area contributed by atoms with Crippen molar-refractivity contribution in [1.29, 1.82) is 0 Å². The molecule has 0 saturated heterocycles. The summed E-state index contributed by atoms with van der Waals surface area (Å²) in [5.74, 6) is 3.32. The van der Waals surface area contributed by atoms with Crippen LogP contribution in [0.3, 0.4) is 0 Å². The Bertz CT molecular complexity index is 247. The van der Waals surface area contributed by atoms with Gasteiger partial charge in [0.15, 0.2) is 0 Å². The van der Waals surface area contributed by atoms with Gasteiger partial charge in [0, 0.05) is 0 Å². The van der Waals surface area contributed by atoms with E-state index in [4.69, 9.17) is 0 Å². The Balaban J connectivity index is 1.85. The maximum absolute atomic E-state index is 1.84. The van der Waals surface area contributed by atoms with E-state index < -0.39 is 0 Å². The van der Waals surface area contributed by atoms with Gasteiger partial charge in [-0.05, 0) is 0 Å². The van der Waals surface area contributed by atoms with E-state index in [1.807, 2.05) is 22.5 Å². The van der Waals surface area contributed by atoms with Gasteiger partial charge in [-0.3, -0.25) is 0 Å². The van der Waals surface area contributed by atoms with Gasteiger partial charge in [-0.15, -0.1) is 0 Å². The molecule has 0 heterocycles. The number of rotatable bonds is 4. The third-order valence-corrected chi connectivity index (χ3v) is 9.15. The van der Waals surface area contributed by atoms with E-state index in [0.717, 1.165) is 23.2 Å². The molecule has 0 bridgehead atoms. The molecule has 21 heavy (non-hydrogen) atoms. The van der Waals surface area contributed by atoms with Crippen molar-refractivity contribution in [2.45, 2.75) is 101 Å². The molecule has 3 aliphatic carbocycles. The van der Waals surface area contributed by atoms with Crippen LogP contribution in [0, 0.1) is 23.2 Å². The van der Waals surface area contributed by atoms with E-state index in [0.29, 0.717) is 0 Å². The SMILES string of the molecule is [Sn][CH2]C(C1CCCCC1)(C1CCCCC1)C1CCCCC1. The Hall–Kier alpha value is 0.799. The molecule has 3 aliphatic rings. The molecule has 0 aromatic heterocycles. The summed E-state index contributed by atoms with van der Waals surface area (Å²) in [6.45, 7) is 0. The summed E-state index contributed by atoms with van der Waals surface area (Å²) in [5, 5.41) is 0. The van der Waals surface area contributed by atoms with E-state index >= 15 is 0 Å². The van der Waals surface area contributed by atoms with Crippen molar-refractivity contribution in [3.8, 4) is 0 Å². The fourth-order valence-corrected chi connectivity index (χ4v) is 8.82. The molecular weight excluding hydrogens is 359 g/mol. The molecule has 0 unspecified atom stereocenters. The van der Waals surface area contributed by atoms with E-state index in [9.17, 15) is 0 Å². The molecule has 0 aliphatic heterocycles. The molecule has 0 amide bonds. The van der Waals surface area contributed by atoms with Gasteiger partial charge >= 0.3 is 146 Å². The van der Waals surface area contributed by atoms with Crippen molar-refractivity contribution in [3.05, 3.63) is 0 Å². The van der Waals surface area contributed by atoms with Gasteiger partial charge in [0.05, 0.1) is 0 Å². The second-order valence-electron chi connectivity index (χ2n) is 8.29. The van der Waals surface area contributed by atoms with Crippen molar-refractivity contribution in [2.75, 3.05) is 0 Å². The molecule has 119 valence electrons. The Kier molecular flexibility index (Phi) is 6.39. The molecule has 0 aromatic carbocycles. The van der Waals surface area contributed by atoms with Crippen LogP contribution in [0.25, 0.3) is 0 Å². The molecule has 0 aromatic rings. The first kappa shape index (κ1) is 16.6. The zero-order chi connectivity index (χ0) is 14.5. The second-order valence-corrected chi connectivity index (χ2v) is 9.30. The summed E-state index contributed by atoms with van der Waals surface area (Å²) in [6.07, 6.45) is 23.4. The first-order chi connectivity index (χ1) is 10.4. The second kappa shape index (κ2) is 8.06. The molecular formula is C20H35Sn. The topological polar surface area (TPSA) is 0 Å². The predicted molar refractivity (Wildman–Crippen MR) is 92.7 cm³/mol. The normalized spacial score (nSPS) is 27.9. The van der Waals surface area contributed by atoms with Crippen LogP contribution >= 0.6 is 0 Å². The molecule has 1 heteroatoms. The van der Waals surface area contributed by atoms with Crippen molar-refractivity contribution in [2.24, 2.45) is 23.2 Å². The summed E-state index contributed by atoms with van der Waals surface area (Å²) < 4.78 is 1.58. The Morgan fingerprint density at radius 3 is 1.05 bits per heavy atom. The molecule has 0 nitrogen and oxygen atoms in total. The van der Waals surface area contributed by atoms with Crippen molar-refractivity contribution >= 4 is 22.5 Å². The van der Waals surface area contributed by atoms with Crippen LogP contribution in [-0.2, 0) is 0 Å². The predicted octanol–water partition coefficient (Wildman–Crippen LogP) is 6.30. The maximum atomic E-state index is 1.84. The fraction of sp³-hybridized carbons (Fsp3) is 1.00. The third kappa shape index (κ3) is 3.50. The summed E-state index contributed by atoms with van der Waals surface area (Å²) in [5.41, 5.74) is 0.791. The summed E-state index contributed by atoms with van der Waals surface area (Å²) in [6, 6.07) is 0. The van der Waals surface area contributed by atoms with Crippen LogP contribution < -0.4 is 0 Å². The zero-order valence-electron chi connectivity index (χ0n) is 14.0. The Morgan fingerprint density at radius 2 is 0.810 bits per heavy atom. The van der Waals surface area contributed by atoms with E-state index in [-0.39, 0.29) is 0 Å². The van der Waals surface area contributed by atoms with Crippen LogP contribution in [0.1, 0.15) is 96.3 Å². The van der Waals surface area contributed by atoms with Gasteiger partial charge in [-0.1, -0.05) is 0 Å². The standard InChI is InChI=1S/C20H35.Sn/c1-20(17-11-5-2-6-12-17,18-13-7-3-8-14-18)19-15-9-4-10-16-19;/h17-19H,1-16H2;. The van der Waals surface area contributed by atoms with Crippen molar-refractivity contribution in [1.82, 2.24) is 0 Å². The van der Waals surface area contributed by atoms with Gasteiger partial charge in [-0.25, -0.2) is 0 Å². The molecule has 3 radical (unpaired) electrons. The molecule has 0 N–H and O–H groups in total. The van der Waals surface area contributed by atoms with Gasteiger partial charge < -0.3 is 0 Å². The Labute approximate surface area is 146 Å². The zero-order valence-corrected chi connectivity index (χ0v) is 16.9. The molecule has 3 rings (SSSR count). The van der Waals surface area contributed by atoms with Crippen LogP contribution in [0.5, 0.6) is 0 Å². The van der Waals surface area contributed by atoms with Crippen LogP contribution in [0.2, 0.25) is 4.44 Å². The van der Waals surface area contributed by atoms with E-state index in [1.54, 1.807) is 81.5 Å². The number of hydrogen-bond acceptors (Lipinski definition) is 0. The van der Waals surface area contributed by atoms with Crippen molar-refractivity contribution < 1.29 is 0 Å². The van der Waals surface area contributed by atoms with Gasteiger partial charge in [0.1, 0.15) is 0 Å². The molecule has 0 spiro atoms. The third-order valence-electron chi connectivity index (χ3n) is 7.40. The van der Waals surface area contributed by atoms with Crippen LogP contribution in [0.4, 0.5) is 0 Å². The van der Waals surface area contributed by atoms with E-state index in [2.05, 4.69) is 0 Å². The molecule has 3 saturated carbocycles. The minimum absolute atomic E-state index is 0.791. The fourth-order valence-electron chi connectivity index (χ4n) is 6.35. The van der Waals surface area contributed by atoms with Crippen LogP contribution in [-0.4, -0.2) is 22.5 Å². The average Bonchev–Trinajstić information content (AvgIpc) is 2.59. The van der Waals surface area contributed by atoms with Crippen LogP contribution in [0.15, 0.2) is 0 Å². The monoisotopic (exact) mass is 395 g/mol. The number of hydrogen-bond donors (Lipinski definition) is 0. The van der Waals surface area contributed by atoms with Gasteiger partial charge in [0.2, 0.25) is 0 Å². The first-order valence-corrected chi connectivity index (χ1v) is 12.0.